The van der Waals surface area contributed by atoms with Gasteiger partial charge in [-0.15, -0.1) is 0 Å². The molecule has 1 N–H and O–H groups in total. The second-order valence-corrected chi connectivity index (χ2v) is 4.95. The predicted octanol–water partition coefficient (Wildman–Crippen LogP) is 3.40. The summed E-state index contributed by atoms with van der Waals surface area (Å²) in [5.74, 6) is 0. The van der Waals surface area contributed by atoms with Gasteiger partial charge in [0.05, 0.1) is 16.9 Å². The highest BCUT2D eigenvalue weighted by Gasteiger charge is 2.03. The van der Waals surface area contributed by atoms with E-state index < -0.39 is 0 Å². The molecule has 0 radical (unpaired) electrons. The summed E-state index contributed by atoms with van der Waals surface area (Å²) in [5, 5.41) is 8.10. The number of hydrogen-bond acceptors (Lipinski definition) is 2. The van der Waals surface area contributed by atoms with Crippen molar-refractivity contribution in [1.29, 1.82) is 0 Å². The lowest BCUT2D eigenvalue weighted by molar-refractivity contribution is 0.724. The van der Waals surface area contributed by atoms with Crippen molar-refractivity contribution < 1.29 is 0 Å². The van der Waals surface area contributed by atoms with Gasteiger partial charge in [0, 0.05) is 17.2 Å². The molecule has 0 bridgehead atoms. The normalized spacial score (nSPS) is 10.8. The van der Waals surface area contributed by atoms with Gasteiger partial charge in [-0.05, 0) is 24.2 Å². The fourth-order valence-corrected chi connectivity index (χ4v) is 2.17. The minimum atomic E-state index is 0.637. The molecular weight excluding hydrogens is 302 g/mol. The zero-order chi connectivity index (χ0) is 12.3. The van der Waals surface area contributed by atoms with Gasteiger partial charge in [0.15, 0.2) is 0 Å². The van der Waals surface area contributed by atoms with E-state index >= 15 is 0 Å². The Labute approximate surface area is 114 Å². The van der Waals surface area contributed by atoms with E-state index in [1.54, 1.807) is 17.1 Å². The Balaban J connectivity index is 2.24. The Morgan fingerprint density at radius 2 is 2.29 bits per heavy atom. The van der Waals surface area contributed by atoms with Crippen LogP contribution in [0.1, 0.15) is 12.5 Å². The van der Waals surface area contributed by atoms with Crippen LogP contribution in [0, 0.1) is 0 Å². The lowest BCUT2D eigenvalue weighted by Gasteiger charge is -2.07. The zero-order valence-electron chi connectivity index (χ0n) is 9.45. The van der Waals surface area contributed by atoms with Crippen molar-refractivity contribution in [2.75, 3.05) is 6.54 Å². The molecular formula is C12H13BrClN3. The minimum Gasteiger partial charge on any atom is -0.313 e. The van der Waals surface area contributed by atoms with E-state index in [9.17, 15) is 0 Å². The summed E-state index contributed by atoms with van der Waals surface area (Å²) in [7, 11) is 0. The zero-order valence-corrected chi connectivity index (χ0v) is 11.8. The van der Waals surface area contributed by atoms with Crippen molar-refractivity contribution in [3.63, 3.8) is 0 Å². The molecule has 0 saturated carbocycles. The third-order valence-corrected chi connectivity index (χ3v) is 3.35. The summed E-state index contributed by atoms with van der Waals surface area (Å²) in [6.07, 6.45) is 3.41. The van der Waals surface area contributed by atoms with Gasteiger partial charge < -0.3 is 5.32 Å². The van der Waals surface area contributed by atoms with E-state index in [0.29, 0.717) is 5.02 Å². The van der Waals surface area contributed by atoms with Crippen molar-refractivity contribution in [1.82, 2.24) is 15.1 Å². The molecule has 0 fully saturated rings. The predicted molar refractivity (Wildman–Crippen MR) is 73.7 cm³/mol. The SMILES string of the molecule is CCNCc1ccc(-n2cc(Cl)cn2)cc1Br. The number of benzene rings is 1. The lowest BCUT2D eigenvalue weighted by Crippen LogP contribution is -2.12. The monoisotopic (exact) mass is 313 g/mol. The molecule has 90 valence electrons. The van der Waals surface area contributed by atoms with Crippen LogP contribution in [-0.2, 0) is 6.54 Å². The third-order valence-electron chi connectivity index (χ3n) is 2.42. The van der Waals surface area contributed by atoms with Crippen LogP contribution >= 0.6 is 27.5 Å². The van der Waals surface area contributed by atoms with Crippen LogP contribution in [0.2, 0.25) is 5.02 Å². The number of halogens is 2. The van der Waals surface area contributed by atoms with Crippen molar-refractivity contribution in [3.8, 4) is 5.69 Å². The molecule has 2 aromatic rings. The van der Waals surface area contributed by atoms with E-state index in [2.05, 4.69) is 39.3 Å². The fourth-order valence-electron chi connectivity index (χ4n) is 1.52. The van der Waals surface area contributed by atoms with Crippen LogP contribution in [0.25, 0.3) is 5.69 Å². The number of aromatic nitrogens is 2. The standard InChI is InChI=1S/C12H13BrClN3/c1-2-15-6-9-3-4-11(5-12(9)13)17-8-10(14)7-16-17/h3-5,7-8,15H,2,6H2,1H3. The highest BCUT2D eigenvalue weighted by atomic mass is 79.9. The van der Waals surface area contributed by atoms with Crippen LogP contribution in [0.4, 0.5) is 0 Å². The molecule has 0 aliphatic rings. The molecule has 0 saturated heterocycles. The van der Waals surface area contributed by atoms with Crippen molar-refractivity contribution in [3.05, 3.63) is 45.7 Å². The number of hydrogen-bond donors (Lipinski definition) is 1. The van der Waals surface area contributed by atoms with E-state index in [1.165, 1.54) is 5.56 Å². The topological polar surface area (TPSA) is 29.9 Å². The maximum atomic E-state index is 5.84. The summed E-state index contributed by atoms with van der Waals surface area (Å²) in [5.41, 5.74) is 2.22. The molecule has 2 rings (SSSR count). The summed E-state index contributed by atoms with van der Waals surface area (Å²) in [4.78, 5) is 0. The first-order valence-electron chi connectivity index (χ1n) is 5.40. The van der Waals surface area contributed by atoms with Gasteiger partial charge in [0.25, 0.3) is 0 Å². The fraction of sp³-hybridized carbons (Fsp3) is 0.250. The molecule has 17 heavy (non-hydrogen) atoms. The number of nitrogens with zero attached hydrogens (tertiary/aromatic N) is 2. The van der Waals surface area contributed by atoms with E-state index in [4.69, 9.17) is 11.6 Å². The van der Waals surface area contributed by atoms with Crippen LogP contribution < -0.4 is 5.32 Å². The first kappa shape index (κ1) is 12.6. The maximum absolute atomic E-state index is 5.84. The maximum Gasteiger partial charge on any atom is 0.0790 e. The van der Waals surface area contributed by atoms with Crippen molar-refractivity contribution in [2.24, 2.45) is 0 Å². The highest BCUT2D eigenvalue weighted by Crippen LogP contribution is 2.21. The molecule has 5 heteroatoms. The van der Waals surface area contributed by atoms with Gasteiger partial charge in [-0.2, -0.15) is 5.10 Å². The summed E-state index contributed by atoms with van der Waals surface area (Å²) >= 11 is 9.41. The van der Waals surface area contributed by atoms with Gasteiger partial charge in [-0.1, -0.05) is 40.5 Å². The Kier molecular flexibility index (Phi) is 4.20. The Morgan fingerprint density at radius 1 is 1.47 bits per heavy atom. The smallest absolute Gasteiger partial charge is 0.0790 e. The van der Waals surface area contributed by atoms with Crippen LogP contribution in [0.5, 0.6) is 0 Å². The van der Waals surface area contributed by atoms with Gasteiger partial charge in [-0.3, -0.25) is 0 Å². The van der Waals surface area contributed by atoms with Crippen LogP contribution in [0.15, 0.2) is 35.1 Å². The first-order chi connectivity index (χ1) is 8.20. The molecule has 0 aliphatic heterocycles. The first-order valence-corrected chi connectivity index (χ1v) is 6.57. The Hall–Kier alpha value is -0.840. The lowest BCUT2D eigenvalue weighted by atomic mass is 10.2. The largest absolute Gasteiger partial charge is 0.313 e. The molecule has 0 atom stereocenters. The molecule has 0 unspecified atom stereocenters. The number of rotatable bonds is 4. The highest BCUT2D eigenvalue weighted by molar-refractivity contribution is 9.10. The summed E-state index contributed by atoms with van der Waals surface area (Å²) in [6, 6.07) is 6.15. The summed E-state index contributed by atoms with van der Waals surface area (Å²) in [6.45, 7) is 3.91. The van der Waals surface area contributed by atoms with Crippen molar-refractivity contribution in [2.45, 2.75) is 13.5 Å². The Morgan fingerprint density at radius 3 is 2.88 bits per heavy atom. The molecule has 1 aromatic carbocycles. The van der Waals surface area contributed by atoms with E-state index in [1.807, 2.05) is 12.1 Å². The molecule has 1 heterocycles. The third kappa shape index (κ3) is 3.09. The molecule has 0 amide bonds. The Bertz CT molecular complexity index is 510. The van der Waals surface area contributed by atoms with Crippen molar-refractivity contribution >= 4 is 27.5 Å². The number of nitrogens with one attached hydrogen (secondary N) is 1. The van der Waals surface area contributed by atoms with Crippen LogP contribution in [-0.4, -0.2) is 16.3 Å². The van der Waals surface area contributed by atoms with Gasteiger partial charge >= 0.3 is 0 Å². The van der Waals surface area contributed by atoms with Gasteiger partial charge in [0.2, 0.25) is 0 Å². The van der Waals surface area contributed by atoms with E-state index in [0.717, 1.165) is 23.2 Å². The van der Waals surface area contributed by atoms with Gasteiger partial charge in [0.1, 0.15) is 0 Å². The average molecular weight is 315 g/mol. The minimum absolute atomic E-state index is 0.637. The van der Waals surface area contributed by atoms with Gasteiger partial charge in [-0.25, -0.2) is 4.68 Å². The molecule has 3 nitrogen and oxygen atoms in total. The molecule has 0 aliphatic carbocycles. The average Bonchev–Trinajstić information content (AvgIpc) is 2.74. The molecule has 0 spiro atoms. The van der Waals surface area contributed by atoms with Crippen LogP contribution in [0.3, 0.4) is 0 Å². The second kappa shape index (κ2) is 5.67. The quantitative estimate of drug-likeness (QED) is 0.937. The molecule has 1 aromatic heterocycles. The second-order valence-electron chi connectivity index (χ2n) is 3.66. The van der Waals surface area contributed by atoms with E-state index in [-0.39, 0.29) is 0 Å². The summed E-state index contributed by atoms with van der Waals surface area (Å²) < 4.78 is 2.83.